The van der Waals surface area contributed by atoms with Crippen molar-refractivity contribution in [2.75, 3.05) is 32.7 Å². The molecule has 448 valence electrons. The molecular weight excluding hydrogens is 1010 g/mol. The average Bonchev–Trinajstić information content (AvgIpc) is 3.35. The number of guanidine groups is 1. The Morgan fingerprint density at radius 1 is 0.462 bits per heavy atom. The topological polar surface area (TPSA) is 468 Å². The van der Waals surface area contributed by atoms with E-state index in [-0.39, 0.29) is 101 Å². The van der Waals surface area contributed by atoms with Crippen molar-refractivity contribution in [3.8, 4) is 0 Å². The van der Waals surface area contributed by atoms with Crippen LogP contribution < -0.4 is 82.3 Å². The van der Waals surface area contributed by atoms with E-state index in [0.29, 0.717) is 38.5 Å². The second-order valence-electron chi connectivity index (χ2n) is 21.1. The molecule has 0 fully saturated rings. The van der Waals surface area contributed by atoms with Gasteiger partial charge in [0.25, 0.3) is 0 Å². The standard InChI is InChI=1S/C51H98N16O11/c1-10-31(8)41(50(78)64-34(17-12-14-21-53)46(74)67-42(32(9)68)49(77)58-23-19-39(69)60-36(43(55)71)24-28(2)3)66-45(73)35(18-15-22-59-51(56)57)62-44(72)33(16-11-13-20-52)63-48(76)38(26-30(6)7)65-47(75)37(25-29(4)5)61-40(70)27-54/h28-38,41-42,68H,10-27,52-54H2,1-9H3,(H2,55,71)(H,58,77)(H,60,69)(H,61,70)(H,62,72)(H,63,76)(H,64,78)(H,65,75)(H,66,73)(H,67,74)(H4,56,57,59)/t31-,32+,33-,34-,35-,36-,37-,38-,41-,42-/m0/s1. The average molecular weight is 1110 g/mol. The molecular formula is C51H98N16O11. The van der Waals surface area contributed by atoms with Crippen LogP contribution in [0.15, 0.2) is 4.99 Å². The van der Waals surface area contributed by atoms with Crippen molar-refractivity contribution in [2.45, 2.75) is 200 Å². The monoisotopic (exact) mass is 1110 g/mol. The normalized spacial score (nSPS) is 15.1. The number of hydrogen-bond donors (Lipinski definition) is 16. The first-order chi connectivity index (χ1) is 36.6. The molecule has 0 aromatic carbocycles. The van der Waals surface area contributed by atoms with Gasteiger partial charge in [-0.1, -0.05) is 61.8 Å². The maximum atomic E-state index is 14.4. The predicted molar refractivity (Wildman–Crippen MR) is 297 cm³/mol. The Labute approximate surface area is 460 Å². The van der Waals surface area contributed by atoms with Gasteiger partial charge in [-0.2, -0.15) is 0 Å². The van der Waals surface area contributed by atoms with Gasteiger partial charge in [0.05, 0.1) is 12.6 Å². The van der Waals surface area contributed by atoms with E-state index in [2.05, 4.69) is 52.8 Å². The molecule has 0 rings (SSSR count). The molecule has 0 aliphatic heterocycles. The van der Waals surface area contributed by atoms with Crippen LogP contribution >= 0.6 is 0 Å². The highest BCUT2D eigenvalue weighted by Crippen LogP contribution is 2.14. The van der Waals surface area contributed by atoms with Crippen molar-refractivity contribution in [3.05, 3.63) is 0 Å². The Kier molecular flexibility index (Phi) is 36.1. The number of carbonyl (C=O) groups is 10. The lowest BCUT2D eigenvalue weighted by Crippen LogP contribution is -2.61. The molecule has 0 saturated carbocycles. The van der Waals surface area contributed by atoms with Crippen molar-refractivity contribution in [1.29, 1.82) is 0 Å². The lowest BCUT2D eigenvalue weighted by Gasteiger charge is -2.30. The lowest BCUT2D eigenvalue weighted by atomic mass is 9.96. The molecule has 0 saturated heterocycles. The number of unbranched alkanes of at least 4 members (excludes halogenated alkanes) is 2. The summed E-state index contributed by atoms with van der Waals surface area (Å²) in [6.07, 6.45) is 1.30. The lowest BCUT2D eigenvalue weighted by molar-refractivity contribution is -0.137. The molecule has 0 unspecified atom stereocenters. The van der Waals surface area contributed by atoms with Gasteiger partial charge in [-0.15, -0.1) is 0 Å². The van der Waals surface area contributed by atoms with Crippen LogP contribution in [0.1, 0.15) is 146 Å². The summed E-state index contributed by atoms with van der Waals surface area (Å²) < 4.78 is 0. The van der Waals surface area contributed by atoms with E-state index in [0.717, 1.165) is 0 Å². The number of aliphatic hydroxyl groups is 1. The Hall–Kier alpha value is -6.19. The smallest absolute Gasteiger partial charge is 0.245 e. The third kappa shape index (κ3) is 30.1. The summed E-state index contributed by atoms with van der Waals surface area (Å²) in [6, 6.07) is -9.76. The summed E-state index contributed by atoms with van der Waals surface area (Å²) in [5.74, 6) is -7.99. The minimum absolute atomic E-state index is 0.0140. The number of aliphatic imine (C=N–C) groups is 1. The molecule has 27 nitrogen and oxygen atoms in total. The second-order valence-corrected chi connectivity index (χ2v) is 21.1. The summed E-state index contributed by atoms with van der Waals surface area (Å²) in [4.78, 5) is 139. The number of nitrogens with one attached hydrogen (secondary N) is 9. The van der Waals surface area contributed by atoms with Crippen LogP contribution in [-0.2, 0) is 47.9 Å². The van der Waals surface area contributed by atoms with Gasteiger partial charge in [-0.25, -0.2) is 0 Å². The van der Waals surface area contributed by atoms with Crippen LogP contribution in [0.4, 0.5) is 0 Å². The van der Waals surface area contributed by atoms with E-state index >= 15 is 0 Å². The van der Waals surface area contributed by atoms with Gasteiger partial charge in [0.15, 0.2) is 5.96 Å². The van der Waals surface area contributed by atoms with Crippen LogP contribution in [0.25, 0.3) is 0 Å². The highest BCUT2D eigenvalue weighted by atomic mass is 16.3. The molecule has 0 aromatic rings. The maximum Gasteiger partial charge on any atom is 0.245 e. The van der Waals surface area contributed by atoms with Gasteiger partial charge in [-0.05, 0) is 114 Å². The molecule has 0 bridgehead atoms. The molecule has 27 heteroatoms. The second kappa shape index (κ2) is 39.2. The third-order valence-corrected chi connectivity index (χ3v) is 12.5. The van der Waals surface area contributed by atoms with E-state index in [1.807, 2.05) is 41.5 Å². The maximum absolute atomic E-state index is 14.4. The Morgan fingerprint density at radius 3 is 1.28 bits per heavy atom. The first kappa shape index (κ1) is 71.8. The van der Waals surface area contributed by atoms with E-state index < -0.39 is 119 Å². The van der Waals surface area contributed by atoms with E-state index in [1.165, 1.54) is 6.92 Å². The van der Waals surface area contributed by atoms with E-state index in [4.69, 9.17) is 34.4 Å². The van der Waals surface area contributed by atoms with Crippen LogP contribution in [0.5, 0.6) is 0 Å². The number of rotatable bonds is 41. The number of nitrogens with zero attached hydrogens (tertiary/aromatic N) is 1. The molecule has 0 aliphatic rings. The minimum atomic E-state index is -1.54. The van der Waals surface area contributed by atoms with Gasteiger partial charge < -0.3 is 87.4 Å². The number of primary amides is 1. The highest BCUT2D eigenvalue weighted by molar-refractivity contribution is 5.98. The van der Waals surface area contributed by atoms with Gasteiger partial charge in [-0.3, -0.25) is 52.9 Å². The highest BCUT2D eigenvalue weighted by Gasteiger charge is 2.36. The van der Waals surface area contributed by atoms with Crippen molar-refractivity contribution >= 4 is 65.0 Å². The molecule has 0 spiro atoms. The van der Waals surface area contributed by atoms with Crippen molar-refractivity contribution in [2.24, 2.45) is 63.1 Å². The summed E-state index contributed by atoms with van der Waals surface area (Å²) in [5, 5.41) is 34.5. The predicted octanol–water partition coefficient (Wildman–Crippen LogP) is -3.31. The zero-order valence-corrected chi connectivity index (χ0v) is 47.7. The van der Waals surface area contributed by atoms with Crippen LogP contribution in [0.2, 0.25) is 0 Å². The number of aliphatic hydroxyl groups excluding tert-OH is 1. The summed E-state index contributed by atoms with van der Waals surface area (Å²) in [7, 11) is 0. The van der Waals surface area contributed by atoms with Crippen molar-refractivity contribution in [3.63, 3.8) is 0 Å². The van der Waals surface area contributed by atoms with E-state index in [1.54, 1.807) is 13.8 Å². The fraction of sp³-hybridized carbons (Fsp3) is 0.784. The molecule has 22 N–H and O–H groups in total. The first-order valence-electron chi connectivity index (χ1n) is 27.4. The molecule has 10 amide bonds. The van der Waals surface area contributed by atoms with Crippen LogP contribution in [-0.4, -0.2) is 157 Å². The quantitative estimate of drug-likeness (QED) is 0.0162. The van der Waals surface area contributed by atoms with Crippen molar-refractivity contribution < 1.29 is 53.1 Å². The zero-order valence-electron chi connectivity index (χ0n) is 47.7. The third-order valence-electron chi connectivity index (χ3n) is 12.5. The van der Waals surface area contributed by atoms with Gasteiger partial charge in [0.1, 0.15) is 48.3 Å². The summed E-state index contributed by atoms with van der Waals surface area (Å²) >= 11 is 0. The Morgan fingerprint density at radius 2 is 0.859 bits per heavy atom. The molecule has 0 heterocycles. The Balaban J connectivity index is 6.77. The molecule has 78 heavy (non-hydrogen) atoms. The first-order valence-corrected chi connectivity index (χ1v) is 27.4. The fourth-order valence-electron chi connectivity index (χ4n) is 8.04. The molecule has 0 radical (unpaired) electrons. The van der Waals surface area contributed by atoms with Crippen LogP contribution in [0.3, 0.4) is 0 Å². The number of hydrogen-bond acceptors (Lipinski definition) is 15. The molecule has 0 aromatic heterocycles. The SMILES string of the molecule is CC[C@H](C)[C@H](NC(=O)[C@H](CCCN=C(N)N)NC(=O)[C@H](CCCCN)NC(=O)[C@H](CC(C)C)NC(=O)[C@H](CC(C)C)NC(=O)CN)C(=O)N[C@@H](CCCCN)C(=O)N[C@H](C(=O)NCCC(=O)N[C@@H](CC(C)C)C(N)=O)[C@@H](C)O. The largest absolute Gasteiger partial charge is 0.391 e. The van der Waals surface area contributed by atoms with Gasteiger partial charge in [0.2, 0.25) is 59.1 Å². The zero-order chi connectivity index (χ0) is 59.7. The van der Waals surface area contributed by atoms with E-state index in [9.17, 15) is 53.1 Å². The molecule has 0 aliphatic carbocycles. The Bertz CT molecular complexity index is 1930. The summed E-state index contributed by atoms with van der Waals surface area (Å²) in [5.41, 5.74) is 33.6. The minimum Gasteiger partial charge on any atom is -0.391 e. The number of nitrogens with two attached hydrogens (primary N) is 6. The van der Waals surface area contributed by atoms with Crippen LogP contribution in [0, 0.1) is 23.7 Å². The summed E-state index contributed by atoms with van der Waals surface area (Å²) in [6.45, 7) is 15.9. The van der Waals surface area contributed by atoms with Crippen molar-refractivity contribution in [1.82, 2.24) is 47.9 Å². The van der Waals surface area contributed by atoms with Gasteiger partial charge in [0, 0.05) is 19.5 Å². The van der Waals surface area contributed by atoms with Gasteiger partial charge >= 0.3 is 0 Å². The molecule has 10 atom stereocenters. The number of carbonyl (C=O) groups excluding carboxylic acids is 10. The number of amides is 10. The fourth-order valence-corrected chi connectivity index (χ4v) is 8.04.